The van der Waals surface area contributed by atoms with E-state index in [-0.39, 0.29) is 63.2 Å². The van der Waals surface area contributed by atoms with Crippen molar-refractivity contribution in [2.75, 3.05) is 40.5 Å². The molecule has 0 aliphatic carbocycles. The summed E-state index contributed by atoms with van der Waals surface area (Å²) in [6.45, 7) is 13.1. The molecule has 62 heavy (non-hydrogen) atoms. The van der Waals surface area contributed by atoms with Crippen LogP contribution < -0.4 is 10.7 Å². The van der Waals surface area contributed by atoms with Gasteiger partial charge in [0, 0.05) is 74.4 Å². The molecule has 0 radical (unpaired) electrons. The van der Waals surface area contributed by atoms with Gasteiger partial charge in [0.05, 0.1) is 37.5 Å². The molecule has 332 valence electrons. The molecule has 2 aromatic carbocycles. The van der Waals surface area contributed by atoms with Crippen LogP contribution >= 0.6 is 0 Å². The van der Waals surface area contributed by atoms with E-state index in [0.29, 0.717) is 30.7 Å². The van der Waals surface area contributed by atoms with Gasteiger partial charge in [-0.3, -0.25) is 24.4 Å². The molecular formula is C47H60N6O9. The highest BCUT2D eigenvalue weighted by Crippen LogP contribution is 2.41. The molecule has 6 bridgehead atoms. The zero-order valence-electron chi connectivity index (χ0n) is 37.0. The zero-order valence-corrected chi connectivity index (χ0v) is 37.0. The monoisotopic (exact) mass is 852 g/mol. The first-order valence-corrected chi connectivity index (χ1v) is 21.4. The third-order valence-corrected chi connectivity index (χ3v) is 12.4. The Morgan fingerprint density at radius 2 is 1.84 bits per heavy atom. The highest BCUT2D eigenvalue weighted by molar-refractivity contribution is 5.96. The van der Waals surface area contributed by atoms with Gasteiger partial charge in [0.15, 0.2) is 0 Å². The number of hydrogen-bond acceptors (Lipinski definition) is 11. The molecule has 0 saturated carbocycles. The Balaban J connectivity index is 1.36. The summed E-state index contributed by atoms with van der Waals surface area (Å²) in [5.41, 5.74) is 5.98. The molecule has 4 N–H and O–H groups in total. The number of nitrogens with one attached hydrogen (secondary N) is 2. The highest BCUT2D eigenvalue weighted by atomic mass is 16.6. The van der Waals surface area contributed by atoms with Crippen molar-refractivity contribution < 1.29 is 43.6 Å². The SMILES string of the molecule is CCn1c(-c2cnccc2COC)c2c3cc(ccc31)-c1cc(O)cc(c1)C[C@H](NC(=O)[C@H](C(C)C)N(C)C(=O)C1(C)COC1)C(=O)N1CCC[C@@](O)(N1)C(=O)OCC(C)(C)C2. The van der Waals surface area contributed by atoms with Gasteiger partial charge < -0.3 is 39.2 Å². The first-order valence-electron chi connectivity index (χ1n) is 21.4. The quantitative estimate of drug-likeness (QED) is 0.171. The second-order valence-corrected chi connectivity index (χ2v) is 18.6. The van der Waals surface area contributed by atoms with Crippen molar-refractivity contribution in [3.63, 3.8) is 0 Å². The van der Waals surface area contributed by atoms with Crippen molar-refractivity contribution in [1.29, 1.82) is 0 Å². The number of nitrogens with zero attached hydrogens (tertiary/aromatic N) is 4. The first-order chi connectivity index (χ1) is 29.4. The number of esters is 1. The number of hydrazine groups is 1. The number of likely N-dealkylation sites (N-methyl/N-ethyl adjacent to an activating group) is 1. The molecule has 3 amide bonds. The van der Waals surface area contributed by atoms with Gasteiger partial charge in [-0.15, -0.1) is 0 Å². The summed E-state index contributed by atoms with van der Waals surface area (Å²) >= 11 is 0. The molecule has 3 atom stereocenters. The number of phenols is 1. The molecule has 2 fully saturated rings. The van der Waals surface area contributed by atoms with E-state index in [1.807, 2.05) is 52.1 Å². The maximum Gasteiger partial charge on any atom is 0.355 e. The Hall–Kier alpha value is -5.35. The second kappa shape index (κ2) is 17.4. The average molecular weight is 853 g/mol. The summed E-state index contributed by atoms with van der Waals surface area (Å²) in [6, 6.07) is 11.0. The molecule has 0 spiro atoms. The summed E-state index contributed by atoms with van der Waals surface area (Å²) in [7, 11) is 3.24. The molecule has 7 rings (SSSR count). The summed E-state index contributed by atoms with van der Waals surface area (Å²) in [5, 5.41) is 28.1. The molecule has 0 unspecified atom stereocenters. The molecule has 4 aromatic rings. The molecule has 5 heterocycles. The standard InChI is InChI=1S/C47H60N6O9/c1-9-52-38-12-11-30-21-34(38)35(40(52)36-23-48-15-13-31(36)24-60-8)22-45(4,5)25-62-44(58)47(59)14-10-16-53(50-47)42(56)37(19-29-17-32(30)20-33(54)18-29)49-41(55)39(28(2)3)51(7)43(57)46(6)26-61-27-46/h11-13,15,17-18,20-21,23,28,37,39,50,54,59H,9-10,14,16,19,22,24-27H2,1-8H3,(H,49,55)/t37-,39-,47-/m0/s1. The lowest BCUT2D eigenvalue weighted by Gasteiger charge is -2.42. The van der Waals surface area contributed by atoms with Crippen molar-refractivity contribution in [3.05, 3.63) is 71.5 Å². The maximum absolute atomic E-state index is 14.6. The van der Waals surface area contributed by atoms with E-state index in [4.69, 9.17) is 14.2 Å². The van der Waals surface area contributed by atoms with E-state index in [1.165, 1.54) is 4.90 Å². The lowest BCUT2D eigenvalue weighted by atomic mass is 9.84. The number of carbonyl (C=O) groups is 4. The smallest absolute Gasteiger partial charge is 0.355 e. The first kappa shape index (κ1) is 44.7. The molecular weight excluding hydrogens is 793 g/mol. The number of hydrogen-bond donors (Lipinski definition) is 4. The topological polar surface area (TPSA) is 185 Å². The van der Waals surface area contributed by atoms with Crippen molar-refractivity contribution in [2.24, 2.45) is 16.7 Å². The molecule has 2 saturated heterocycles. The van der Waals surface area contributed by atoms with Gasteiger partial charge in [0.2, 0.25) is 17.5 Å². The summed E-state index contributed by atoms with van der Waals surface area (Å²) < 4.78 is 19.1. The number of cyclic esters (lactones) is 1. The number of aromatic nitrogens is 2. The Morgan fingerprint density at radius 1 is 1.08 bits per heavy atom. The van der Waals surface area contributed by atoms with Gasteiger partial charge in [-0.1, -0.05) is 39.8 Å². The predicted octanol–water partition coefficient (Wildman–Crippen LogP) is 4.73. The Bertz CT molecular complexity index is 2370. The van der Waals surface area contributed by atoms with Gasteiger partial charge >= 0.3 is 5.97 Å². The number of benzene rings is 2. The van der Waals surface area contributed by atoms with Crippen LogP contribution in [0.5, 0.6) is 5.75 Å². The van der Waals surface area contributed by atoms with E-state index in [2.05, 4.69) is 39.4 Å². The Morgan fingerprint density at radius 3 is 2.52 bits per heavy atom. The van der Waals surface area contributed by atoms with Crippen LogP contribution in [0, 0.1) is 16.7 Å². The molecule has 2 aromatic heterocycles. The minimum Gasteiger partial charge on any atom is -0.508 e. The maximum atomic E-state index is 14.6. The van der Waals surface area contributed by atoms with Gasteiger partial charge in [0.25, 0.3) is 5.91 Å². The third-order valence-electron chi connectivity index (χ3n) is 12.4. The number of carbonyl (C=O) groups excluding carboxylic acids is 4. The number of aromatic hydroxyl groups is 1. The number of amides is 3. The summed E-state index contributed by atoms with van der Waals surface area (Å²) in [4.78, 5) is 62.4. The van der Waals surface area contributed by atoms with Crippen molar-refractivity contribution >= 4 is 34.6 Å². The van der Waals surface area contributed by atoms with Gasteiger partial charge in [-0.25, -0.2) is 4.79 Å². The van der Waals surface area contributed by atoms with E-state index < -0.39 is 46.4 Å². The number of methoxy groups -OCH3 is 1. The van der Waals surface area contributed by atoms with Crippen molar-refractivity contribution in [3.8, 4) is 28.1 Å². The lowest BCUT2D eigenvalue weighted by molar-refractivity contribution is -0.189. The van der Waals surface area contributed by atoms with Crippen LogP contribution in [0.2, 0.25) is 0 Å². The van der Waals surface area contributed by atoms with E-state index in [9.17, 15) is 29.4 Å². The van der Waals surface area contributed by atoms with Gasteiger partial charge in [0.1, 0.15) is 17.8 Å². The summed E-state index contributed by atoms with van der Waals surface area (Å²) in [6.07, 6.45) is 4.23. The van der Waals surface area contributed by atoms with Crippen LogP contribution in [-0.4, -0.2) is 112 Å². The van der Waals surface area contributed by atoms with E-state index in [0.717, 1.165) is 43.9 Å². The van der Waals surface area contributed by atoms with Crippen molar-refractivity contribution in [2.45, 2.75) is 98.2 Å². The Labute approximate surface area is 362 Å². The minimum absolute atomic E-state index is 0.0198. The fourth-order valence-electron chi connectivity index (χ4n) is 9.24. The number of aryl methyl sites for hydroxylation is 1. The second-order valence-electron chi connectivity index (χ2n) is 18.6. The average Bonchev–Trinajstić information content (AvgIpc) is 3.52. The Kier molecular flexibility index (Phi) is 12.6. The van der Waals surface area contributed by atoms with Crippen LogP contribution in [0.15, 0.2) is 54.9 Å². The molecule has 3 aliphatic rings. The van der Waals surface area contributed by atoms with Crippen LogP contribution in [0.25, 0.3) is 33.3 Å². The lowest BCUT2D eigenvalue weighted by Crippen LogP contribution is -2.67. The summed E-state index contributed by atoms with van der Waals surface area (Å²) in [5.74, 6) is -2.70. The van der Waals surface area contributed by atoms with Gasteiger partial charge in [-0.2, -0.15) is 5.43 Å². The number of rotatable bonds is 9. The minimum atomic E-state index is -2.24. The molecule has 15 nitrogen and oxygen atoms in total. The predicted molar refractivity (Wildman–Crippen MR) is 232 cm³/mol. The number of fused-ring (bicyclic) bond motifs is 6. The van der Waals surface area contributed by atoms with Crippen LogP contribution in [0.4, 0.5) is 0 Å². The van der Waals surface area contributed by atoms with Crippen LogP contribution in [0.3, 0.4) is 0 Å². The molecule has 15 heteroatoms. The fourth-order valence-corrected chi connectivity index (χ4v) is 9.24. The van der Waals surface area contributed by atoms with Crippen molar-refractivity contribution in [1.82, 2.24) is 30.2 Å². The van der Waals surface area contributed by atoms with Crippen LogP contribution in [0.1, 0.15) is 71.1 Å². The highest BCUT2D eigenvalue weighted by Gasteiger charge is 2.47. The number of aliphatic hydroxyl groups is 1. The zero-order chi connectivity index (χ0) is 44.7. The molecule has 3 aliphatic heterocycles. The number of ether oxygens (including phenoxy) is 3. The normalized spacial score (nSPS) is 21.8. The van der Waals surface area contributed by atoms with E-state index >= 15 is 0 Å². The third kappa shape index (κ3) is 8.68. The van der Waals surface area contributed by atoms with Gasteiger partial charge in [-0.05, 0) is 90.8 Å². The number of pyridine rings is 1. The number of phenolic OH excluding ortho intramolecular Hbond substituents is 1. The van der Waals surface area contributed by atoms with E-state index in [1.54, 1.807) is 39.4 Å². The van der Waals surface area contributed by atoms with Crippen LogP contribution in [-0.2, 0) is 59.4 Å². The fraction of sp³-hybridized carbons (Fsp3) is 0.511. The largest absolute Gasteiger partial charge is 0.508 e.